The summed E-state index contributed by atoms with van der Waals surface area (Å²) in [6.45, 7) is 0.230. The molecule has 0 unspecified atom stereocenters. The van der Waals surface area contributed by atoms with E-state index in [1.54, 1.807) is 17.5 Å². The molecular formula is C14H16N4OS. The zero-order valence-electron chi connectivity index (χ0n) is 11.0. The van der Waals surface area contributed by atoms with E-state index < -0.39 is 0 Å². The quantitative estimate of drug-likeness (QED) is 0.630. The molecule has 3 aromatic heterocycles. The number of rotatable bonds is 5. The second-order valence-electron chi connectivity index (χ2n) is 4.68. The van der Waals surface area contributed by atoms with Crippen molar-refractivity contribution < 1.29 is 5.11 Å². The summed E-state index contributed by atoms with van der Waals surface area (Å²) in [7, 11) is 0. The Hall–Kier alpha value is -1.92. The smallest absolute Gasteiger partial charge is 0.124 e. The van der Waals surface area contributed by atoms with Crippen LogP contribution in [0.4, 0.5) is 5.82 Å². The maximum Gasteiger partial charge on any atom is 0.124 e. The minimum atomic E-state index is 0.230. The van der Waals surface area contributed by atoms with Gasteiger partial charge in [-0.25, -0.2) is 4.98 Å². The highest BCUT2D eigenvalue weighted by molar-refractivity contribution is 7.22. The summed E-state index contributed by atoms with van der Waals surface area (Å²) < 4.78 is 1.17. The standard InChI is InChI=1S/C14H16N4OS/c15-13-7-9(3-1-2-6-19)14-11(17-13)8-12(20-14)10-4-5-16-18-10/h4-5,7-8,19H,1-3,6H2,(H2,15,17)(H,16,18). The fraction of sp³-hybridized carbons (Fsp3) is 0.286. The molecule has 20 heavy (non-hydrogen) atoms. The van der Waals surface area contributed by atoms with Crippen molar-refractivity contribution in [3.63, 3.8) is 0 Å². The van der Waals surface area contributed by atoms with Crippen LogP contribution in [0.25, 0.3) is 20.8 Å². The molecule has 6 heteroatoms. The van der Waals surface area contributed by atoms with Gasteiger partial charge in [0, 0.05) is 12.8 Å². The Balaban J connectivity index is 2.01. The lowest BCUT2D eigenvalue weighted by Gasteiger charge is -2.03. The normalized spacial score (nSPS) is 11.2. The summed E-state index contributed by atoms with van der Waals surface area (Å²) in [4.78, 5) is 5.51. The third-order valence-electron chi connectivity index (χ3n) is 3.20. The van der Waals surface area contributed by atoms with Gasteiger partial charge >= 0.3 is 0 Å². The van der Waals surface area contributed by atoms with Crippen LogP contribution in [0.2, 0.25) is 0 Å². The molecule has 0 atom stereocenters. The fourth-order valence-electron chi connectivity index (χ4n) is 2.25. The van der Waals surface area contributed by atoms with E-state index in [1.165, 1.54) is 10.3 Å². The Bertz CT molecular complexity index is 705. The van der Waals surface area contributed by atoms with E-state index in [1.807, 2.05) is 18.2 Å². The number of pyridine rings is 1. The van der Waals surface area contributed by atoms with Gasteiger partial charge in [0.25, 0.3) is 0 Å². The number of aromatic amines is 1. The Morgan fingerprint density at radius 1 is 1.30 bits per heavy atom. The van der Waals surface area contributed by atoms with E-state index >= 15 is 0 Å². The summed E-state index contributed by atoms with van der Waals surface area (Å²) >= 11 is 1.70. The highest BCUT2D eigenvalue weighted by Gasteiger charge is 2.11. The van der Waals surface area contributed by atoms with Crippen LogP contribution in [-0.4, -0.2) is 26.9 Å². The molecule has 0 fully saturated rings. The molecule has 3 heterocycles. The summed E-state index contributed by atoms with van der Waals surface area (Å²) in [6, 6.07) is 5.92. The number of aromatic nitrogens is 3. The van der Waals surface area contributed by atoms with Gasteiger partial charge in [0.2, 0.25) is 0 Å². The predicted octanol–water partition coefficient (Wildman–Crippen LogP) is 2.58. The van der Waals surface area contributed by atoms with Gasteiger partial charge in [-0.3, -0.25) is 5.10 Å². The van der Waals surface area contributed by atoms with Crippen molar-refractivity contribution in [3.05, 3.63) is 30.0 Å². The first kappa shape index (κ1) is 13.1. The third kappa shape index (κ3) is 2.52. The molecule has 0 bridgehead atoms. The zero-order chi connectivity index (χ0) is 13.9. The summed E-state index contributed by atoms with van der Waals surface area (Å²) in [5.41, 5.74) is 9.01. The first-order valence-corrected chi connectivity index (χ1v) is 7.39. The predicted molar refractivity (Wildman–Crippen MR) is 81.6 cm³/mol. The first-order valence-electron chi connectivity index (χ1n) is 6.57. The molecular weight excluding hydrogens is 272 g/mol. The van der Waals surface area contributed by atoms with Crippen molar-refractivity contribution in [2.75, 3.05) is 12.3 Å². The van der Waals surface area contributed by atoms with Gasteiger partial charge in [-0.05, 0) is 43.0 Å². The number of fused-ring (bicyclic) bond motifs is 1. The number of anilines is 1. The monoisotopic (exact) mass is 288 g/mol. The van der Waals surface area contributed by atoms with Gasteiger partial charge in [-0.1, -0.05) is 0 Å². The second kappa shape index (κ2) is 5.60. The van der Waals surface area contributed by atoms with Crippen LogP contribution in [0.5, 0.6) is 0 Å². The van der Waals surface area contributed by atoms with E-state index in [0.717, 1.165) is 35.4 Å². The molecule has 0 aromatic carbocycles. The molecule has 4 N–H and O–H groups in total. The van der Waals surface area contributed by atoms with Gasteiger partial charge in [-0.15, -0.1) is 11.3 Å². The van der Waals surface area contributed by atoms with Crippen LogP contribution in [-0.2, 0) is 6.42 Å². The molecule has 3 rings (SSSR count). The second-order valence-corrected chi connectivity index (χ2v) is 5.73. The third-order valence-corrected chi connectivity index (χ3v) is 4.43. The number of thiophene rings is 1. The Morgan fingerprint density at radius 2 is 2.20 bits per heavy atom. The lowest BCUT2D eigenvalue weighted by Crippen LogP contribution is -1.94. The number of nitrogen functional groups attached to an aromatic ring is 1. The zero-order valence-corrected chi connectivity index (χ0v) is 11.8. The highest BCUT2D eigenvalue weighted by atomic mass is 32.1. The molecule has 3 aromatic rings. The van der Waals surface area contributed by atoms with E-state index in [0.29, 0.717) is 5.82 Å². The maximum atomic E-state index is 8.90. The van der Waals surface area contributed by atoms with Crippen LogP contribution in [0.3, 0.4) is 0 Å². The number of nitrogens with zero attached hydrogens (tertiary/aromatic N) is 2. The van der Waals surface area contributed by atoms with E-state index in [-0.39, 0.29) is 6.61 Å². The van der Waals surface area contributed by atoms with Crippen LogP contribution in [0.1, 0.15) is 18.4 Å². The molecule has 0 amide bonds. The van der Waals surface area contributed by atoms with Crippen molar-refractivity contribution in [1.82, 2.24) is 15.2 Å². The summed E-state index contributed by atoms with van der Waals surface area (Å²) in [5.74, 6) is 0.547. The van der Waals surface area contributed by atoms with Crippen LogP contribution in [0.15, 0.2) is 24.4 Å². The SMILES string of the molecule is Nc1cc(CCCCO)c2sc(-c3ccn[nH]3)cc2n1. The van der Waals surface area contributed by atoms with Gasteiger partial charge in [0.1, 0.15) is 5.82 Å². The van der Waals surface area contributed by atoms with E-state index in [9.17, 15) is 0 Å². The fourth-order valence-corrected chi connectivity index (χ4v) is 3.36. The first-order chi connectivity index (χ1) is 9.78. The van der Waals surface area contributed by atoms with Crippen molar-refractivity contribution in [1.29, 1.82) is 0 Å². The van der Waals surface area contributed by atoms with Crippen molar-refractivity contribution in [2.24, 2.45) is 0 Å². The van der Waals surface area contributed by atoms with Crippen molar-refractivity contribution in [2.45, 2.75) is 19.3 Å². The number of aryl methyl sites for hydroxylation is 1. The van der Waals surface area contributed by atoms with E-state index in [2.05, 4.69) is 15.2 Å². The molecule has 0 aliphatic carbocycles. The highest BCUT2D eigenvalue weighted by Crippen LogP contribution is 2.34. The maximum absolute atomic E-state index is 8.90. The molecule has 0 radical (unpaired) electrons. The number of aliphatic hydroxyl groups excluding tert-OH is 1. The number of hydrogen-bond acceptors (Lipinski definition) is 5. The topological polar surface area (TPSA) is 87.8 Å². The Morgan fingerprint density at radius 3 is 2.95 bits per heavy atom. The van der Waals surface area contributed by atoms with Crippen LogP contribution in [0, 0.1) is 0 Å². The Labute approximate surface area is 120 Å². The number of nitrogens with one attached hydrogen (secondary N) is 1. The molecule has 104 valence electrons. The lowest BCUT2D eigenvalue weighted by atomic mass is 10.1. The number of aliphatic hydroxyl groups is 1. The Kier molecular flexibility index (Phi) is 3.66. The average molecular weight is 288 g/mol. The van der Waals surface area contributed by atoms with Crippen LogP contribution >= 0.6 is 11.3 Å². The lowest BCUT2D eigenvalue weighted by molar-refractivity contribution is 0.284. The van der Waals surface area contributed by atoms with Gasteiger partial charge in [-0.2, -0.15) is 5.10 Å². The molecule has 0 aliphatic heterocycles. The van der Waals surface area contributed by atoms with Gasteiger partial charge in [0.15, 0.2) is 0 Å². The molecule has 0 spiro atoms. The van der Waals surface area contributed by atoms with Gasteiger partial charge < -0.3 is 10.8 Å². The largest absolute Gasteiger partial charge is 0.396 e. The van der Waals surface area contributed by atoms with Crippen molar-refractivity contribution >= 4 is 27.4 Å². The summed E-state index contributed by atoms with van der Waals surface area (Å²) in [5, 5.41) is 15.8. The molecule has 5 nitrogen and oxygen atoms in total. The number of H-pyrrole nitrogens is 1. The molecule has 0 aliphatic rings. The van der Waals surface area contributed by atoms with E-state index in [4.69, 9.17) is 10.8 Å². The minimum Gasteiger partial charge on any atom is -0.396 e. The van der Waals surface area contributed by atoms with Crippen LogP contribution < -0.4 is 5.73 Å². The number of unbranched alkanes of at least 4 members (excludes halogenated alkanes) is 1. The minimum absolute atomic E-state index is 0.230. The van der Waals surface area contributed by atoms with Gasteiger partial charge in [0.05, 0.1) is 20.8 Å². The molecule has 0 saturated carbocycles. The summed E-state index contributed by atoms with van der Waals surface area (Å²) in [6.07, 6.45) is 4.41. The van der Waals surface area contributed by atoms with Crippen molar-refractivity contribution in [3.8, 4) is 10.6 Å². The molecule has 0 saturated heterocycles. The number of hydrogen-bond donors (Lipinski definition) is 3. The number of nitrogens with two attached hydrogens (primary N) is 1. The average Bonchev–Trinajstić information content (AvgIpc) is 3.06.